The Kier molecular flexibility index (Phi) is 21.0. The van der Waals surface area contributed by atoms with E-state index in [1.165, 1.54) is 85.9 Å². The Balaban J connectivity index is 1.12. The largest absolute Gasteiger partial charge is 0.508 e. The van der Waals surface area contributed by atoms with Gasteiger partial charge in [-0.2, -0.15) is 0 Å². The lowest BCUT2D eigenvalue weighted by Crippen LogP contribution is -2.63. The van der Waals surface area contributed by atoms with Gasteiger partial charge in [-0.1, -0.05) is 68.2 Å². The van der Waals surface area contributed by atoms with Crippen molar-refractivity contribution >= 4 is 58.7 Å². The van der Waals surface area contributed by atoms with E-state index >= 15 is 4.79 Å². The zero-order valence-corrected chi connectivity index (χ0v) is 52.5. The average molecular weight is 1330 g/mol. The molecule has 4 heterocycles. The second kappa shape index (κ2) is 28.3. The predicted molar refractivity (Wildman–Crippen MR) is 333 cm³/mol. The van der Waals surface area contributed by atoms with E-state index in [9.17, 15) is 64.8 Å². The summed E-state index contributed by atoms with van der Waals surface area (Å²) in [5.41, 5.74) is 13.5. The molecule has 0 radical (unpaired) electrons. The summed E-state index contributed by atoms with van der Waals surface area (Å²) in [4.78, 5) is 87.7. The number of fused-ring (bicyclic) bond motifs is 8. The first-order chi connectivity index (χ1) is 44.0. The number of aliphatic hydroxyl groups excluding tert-OH is 4. The number of nitrogens with one attached hydrogen (secondary N) is 5. The van der Waals surface area contributed by atoms with Gasteiger partial charge in [0.25, 0.3) is 0 Å². The number of aromatic hydroxyl groups is 3. The number of rotatable bonds is 15. The molecular formula is C64H72Cl2N8O19. The van der Waals surface area contributed by atoms with E-state index in [2.05, 4.69) is 26.6 Å². The molecule has 5 aromatic rings. The van der Waals surface area contributed by atoms with Gasteiger partial charge in [0.05, 0.1) is 28.8 Å². The van der Waals surface area contributed by atoms with E-state index in [1.807, 2.05) is 20.8 Å². The molecule has 0 spiro atoms. The van der Waals surface area contributed by atoms with Gasteiger partial charge in [0, 0.05) is 19.5 Å². The number of nitrogens with two attached hydrogens (primary N) is 2. The number of phenolic OH excluding ortho intramolecular Hbond substituents is 3. The van der Waals surface area contributed by atoms with Crippen LogP contribution in [0.4, 0.5) is 0 Å². The molecule has 5 aliphatic rings. The number of carbonyl (C=O) groups is 6. The van der Waals surface area contributed by atoms with Crippen LogP contribution in [0.15, 0.2) is 108 Å². The third-order valence-corrected chi connectivity index (χ3v) is 17.2. The van der Waals surface area contributed by atoms with Gasteiger partial charge in [0.1, 0.15) is 77.6 Å². The second-order valence-corrected chi connectivity index (χ2v) is 24.5. The zero-order valence-electron chi connectivity index (χ0n) is 51.0. The van der Waals surface area contributed by atoms with Crippen molar-refractivity contribution in [1.82, 2.24) is 31.5 Å². The fraction of sp³-hybridized carbons (Fsp3) is 0.375. The summed E-state index contributed by atoms with van der Waals surface area (Å²) in [6, 6.07) is 6.97. The molecule has 1 fully saturated rings. The van der Waals surface area contributed by atoms with Crippen molar-refractivity contribution in [3.63, 3.8) is 0 Å². The molecule has 5 aromatic carbocycles. The molecule has 10 rings (SSSR count). The first-order valence-corrected chi connectivity index (χ1v) is 30.1. The van der Waals surface area contributed by atoms with Gasteiger partial charge in [-0.05, 0) is 138 Å². The van der Waals surface area contributed by atoms with Crippen molar-refractivity contribution in [1.29, 1.82) is 0 Å². The Morgan fingerprint density at radius 1 is 0.817 bits per heavy atom. The molecule has 1 aliphatic carbocycles. The van der Waals surface area contributed by atoms with Gasteiger partial charge in [0.2, 0.25) is 35.3 Å². The molecule has 0 aromatic heterocycles. The minimum atomic E-state index is -1.88. The molecular weight excluding hydrogens is 1260 g/mol. The average Bonchev–Trinajstić information content (AvgIpc) is 0.828. The Morgan fingerprint density at radius 3 is 2.22 bits per heavy atom. The van der Waals surface area contributed by atoms with Gasteiger partial charge >= 0.3 is 5.97 Å². The Hall–Kier alpha value is -8.58. The number of nitrogens with zero attached hydrogens (tertiary/aromatic N) is 1. The molecule has 10 bridgehead atoms. The standard InChI is InChI=1S/C64H72Cl2N8O19/c1-7-64(2,3)36-12-11-32(76)25-35(36)51(62(87)88)73-58(83)48(68)56(93-63-47(67)55(81)54(80)46(26-75)92-63)29-10-15-42(38(66)20-29)91-45-23-31-22-44(53(45)79)90-41-14-8-27(16-37(41)65)17-39-57(82)71-50(60(85)72-49(31)59(84)69-4)30-18-33(77)24-34(19-30)89-43-21-28(9-13-40(43)78)52(74(5)6)61(86)70-39/h8-10,12-16,18-25,32,39,46-52,54-56,63,75-81H,7,11,17,26,67-68H2,1-6H3,(H,69,84)(H,70,86)(H,71,82)(H,72,85)(H,73,83)(H,87,88)/t32?,39-,46?,47?,48+,49-,50?,51+,52-,54-,55?,56-,63+/m1/s1. The Bertz CT molecular complexity index is 3790. The molecule has 5 amide bonds. The summed E-state index contributed by atoms with van der Waals surface area (Å²) in [6.45, 7) is 4.83. The number of halogens is 2. The zero-order chi connectivity index (χ0) is 67.7. The maximum absolute atomic E-state index is 15.1. The number of carbonyl (C=O) groups excluding carboxylic acids is 5. The third-order valence-electron chi connectivity index (χ3n) is 16.6. The third kappa shape index (κ3) is 14.9. The summed E-state index contributed by atoms with van der Waals surface area (Å²) < 4.78 is 30.6. The van der Waals surface area contributed by atoms with Crippen molar-refractivity contribution < 1.29 is 93.3 Å². The highest BCUT2D eigenvalue weighted by molar-refractivity contribution is 6.32. The van der Waals surface area contributed by atoms with Crippen LogP contribution in [0.2, 0.25) is 10.0 Å². The van der Waals surface area contributed by atoms with Crippen molar-refractivity contribution in [3.05, 3.63) is 146 Å². The first-order valence-electron chi connectivity index (χ1n) is 29.4. The minimum absolute atomic E-state index is 0.0384. The Morgan fingerprint density at radius 2 is 1.55 bits per heavy atom. The van der Waals surface area contributed by atoms with Crippen LogP contribution < -0.4 is 52.3 Å². The monoisotopic (exact) mass is 1330 g/mol. The highest BCUT2D eigenvalue weighted by Crippen LogP contribution is 2.47. The smallest absolute Gasteiger partial charge is 0.330 e. The minimum Gasteiger partial charge on any atom is -0.508 e. The molecule has 13 atom stereocenters. The number of hydrogen-bond donors (Lipinski definition) is 15. The van der Waals surface area contributed by atoms with E-state index in [0.29, 0.717) is 23.1 Å². The summed E-state index contributed by atoms with van der Waals surface area (Å²) in [6.07, 6.45) is -5.87. The topological polar surface area (TPSA) is 426 Å². The molecule has 27 nitrogen and oxygen atoms in total. The maximum Gasteiger partial charge on any atom is 0.330 e. The van der Waals surface area contributed by atoms with Crippen LogP contribution in [0, 0.1) is 5.41 Å². The van der Waals surface area contributed by atoms with Crippen molar-refractivity contribution in [2.45, 2.75) is 119 Å². The fourth-order valence-corrected chi connectivity index (χ4v) is 11.7. The molecule has 93 heavy (non-hydrogen) atoms. The van der Waals surface area contributed by atoms with Crippen LogP contribution in [0.3, 0.4) is 0 Å². The van der Waals surface area contributed by atoms with Crippen LogP contribution in [-0.4, -0.2) is 164 Å². The predicted octanol–water partition coefficient (Wildman–Crippen LogP) is 3.68. The molecule has 0 saturated carbocycles. The van der Waals surface area contributed by atoms with E-state index in [0.717, 1.165) is 12.1 Å². The molecule has 4 aliphatic heterocycles. The molecule has 496 valence electrons. The first kappa shape index (κ1) is 68.8. The van der Waals surface area contributed by atoms with E-state index in [-0.39, 0.29) is 73.9 Å². The number of phenols is 3. The van der Waals surface area contributed by atoms with E-state index in [4.69, 9.17) is 58.4 Å². The van der Waals surface area contributed by atoms with Crippen LogP contribution in [0.5, 0.6) is 51.7 Å². The van der Waals surface area contributed by atoms with Crippen LogP contribution in [0.1, 0.15) is 85.7 Å². The van der Waals surface area contributed by atoms with Gasteiger partial charge in [0.15, 0.2) is 35.3 Å². The van der Waals surface area contributed by atoms with Gasteiger partial charge < -0.3 is 103 Å². The normalized spacial score (nSPS) is 24.3. The summed E-state index contributed by atoms with van der Waals surface area (Å²) in [7, 11) is 4.49. The summed E-state index contributed by atoms with van der Waals surface area (Å²) in [5, 5.41) is 99.9. The molecule has 29 heteroatoms. The Labute approximate surface area is 542 Å². The van der Waals surface area contributed by atoms with Gasteiger partial charge in [-0.25, -0.2) is 4.79 Å². The van der Waals surface area contributed by atoms with Gasteiger partial charge in [-0.15, -0.1) is 0 Å². The highest BCUT2D eigenvalue weighted by Gasteiger charge is 2.46. The molecule has 17 N–H and O–H groups in total. The number of ether oxygens (including phenoxy) is 5. The number of carboxylic acid groups (broad SMARTS) is 1. The highest BCUT2D eigenvalue weighted by atomic mass is 35.5. The van der Waals surface area contributed by atoms with Gasteiger partial charge in [-0.3, -0.25) is 28.9 Å². The van der Waals surface area contributed by atoms with Crippen LogP contribution >= 0.6 is 23.2 Å². The lowest BCUT2D eigenvalue weighted by atomic mass is 9.73. The number of amides is 5. The fourth-order valence-electron chi connectivity index (χ4n) is 11.2. The second-order valence-electron chi connectivity index (χ2n) is 23.7. The number of hydrogen-bond acceptors (Lipinski definition) is 21. The van der Waals surface area contributed by atoms with Crippen molar-refractivity contribution in [2.24, 2.45) is 16.9 Å². The number of likely N-dealkylation sites (N-methyl/N-ethyl adjacent to an activating group) is 2. The number of aliphatic hydroxyl groups is 4. The molecule has 5 unspecified atom stereocenters. The number of carboxylic acids is 1. The number of aliphatic carboxylic acids is 1. The summed E-state index contributed by atoms with van der Waals surface area (Å²) >= 11 is 13.9. The lowest BCUT2D eigenvalue weighted by molar-refractivity contribution is -0.280. The lowest BCUT2D eigenvalue weighted by Gasteiger charge is -2.42. The summed E-state index contributed by atoms with van der Waals surface area (Å²) in [5.74, 6) is -9.22. The maximum atomic E-state index is 15.1. The van der Waals surface area contributed by atoms with Crippen LogP contribution in [0.25, 0.3) is 0 Å². The number of benzene rings is 5. The SMILES string of the molecule is CCC(C)(C)C1=CCC(O)C=C1[C@H](NC(=O)[C@@H](N)[C@H](O[C@@H]1OC(CO)[C@@H](O)C(O)C1N)c1ccc(Oc2cc3cc(c2O)Oc2ccc(cc2Cl)C[C@H]2NC(=O)[C@H](N(C)C)c4ccc(O)c(c4)Oc4cc(O)cc(c4)C(NC2=O)C(=O)N[C@H]3C(=O)NC)c(Cl)c1)C(=O)O. The van der Waals surface area contributed by atoms with E-state index in [1.54, 1.807) is 25.1 Å². The van der Waals surface area contributed by atoms with Crippen molar-refractivity contribution in [2.75, 3.05) is 27.7 Å². The van der Waals surface area contributed by atoms with Crippen LogP contribution in [-0.2, 0) is 44.7 Å². The van der Waals surface area contributed by atoms with Crippen molar-refractivity contribution in [3.8, 4) is 51.7 Å². The van der Waals surface area contributed by atoms with E-state index < -0.39 is 150 Å². The quantitative estimate of drug-likeness (QED) is 0.0711. The molecule has 1 saturated heterocycles.